The van der Waals surface area contributed by atoms with Gasteiger partial charge in [-0.05, 0) is 67.5 Å². The zero-order valence-corrected chi connectivity index (χ0v) is 19.6. The molecule has 5 rings (SSSR count). The predicted octanol–water partition coefficient (Wildman–Crippen LogP) is 4.37. The molecule has 0 spiro atoms. The van der Waals surface area contributed by atoms with Crippen LogP contribution in [0.15, 0.2) is 42.5 Å². The molecule has 1 unspecified atom stereocenters. The first-order valence-corrected chi connectivity index (χ1v) is 12.2. The Balaban J connectivity index is 1.34. The maximum absolute atomic E-state index is 13.6. The molecular weight excluding hydrogens is 455 g/mol. The van der Waals surface area contributed by atoms with Crippen molar-refractivity contribution in [2.24, 2.45) is 5.92 Å². The summed E-state index contributed by atoms with van der Waals surface area (Å²) in [7, 11) is 0. The lowest BCUT2D eigenvalue weighted by Crippen LogP contribution is -2.47. The van der Waals surface area contributed by atoms with E-state index in [4.69, 9.17) is 11.6 Å². The molecule has 2 aromatic rings. The van der Waals surface area contributed by atoms with Crippen LogP contribution in [0.2, 0.25) is 5.02 Å². The second-order valence-corrected chi connectivity index (χ2v) is 10.2. The summed E-state index contributed by atoms with van der Waals surface area (Å²) in [6, 6.07) is 14.1. The summed E-state index contributed by atoms with van der Waals surface area (Å²) in [5.74, 6) is -0.185. The number of carbonyl (C=O) groups is 1. The van der Waals surface area contributed by atoms with Crippen molar-refractivity contribution in [2.75, 3.05) is 31.5 Å². The quantitative estimate of drug-likeness (QED) is 0.640. The molecule has 1 heterocycles. The summed E-state index contributed by atoms with van der Waals surface area (Å²) in [6.45, 7) is 2.68. The van der Waals surface area contributed by atoms with E-state index in [0.29, 0.717) is 36.8 Å². The minimum Gasteiger partial charge on any atom is -0.392 e. The minimum atomic E-state index is -0.526. The number of aliphatic hydroxyl groups excluding tert-OH is 1. The van der Waals surface area contributed by atoms with Gasteiger partial charge < -0.3 is 15.3 Å². The van der Waals surface area contributed by atoms with Gasteiger partial charge in [-0.3, -0.25) is 4.90 Å². The van der Waals surface area contributed by atoms with Crippen molar-refractivity contribution < 1.29 is 14.3 Å². The highest BCUT2D eigenvalue weighted by atomic mass is 35.5. The lowest BCUT2D eigenvalue weighted by Gasteiger charge is -2.32. The van der Waals surface area contributed by atoms with Crippen LogP contribution < -0.4 is 5.32 Å². The van der Waals surface area contributed by atoms with Crippen molar-refractivity contribution in [3.05, 3.63) is 64.4 Å². The van der Waals surface area contributed by atoms with Gasteiger partial charge >= 0.3 is 6.03 Å². The first kappa shape index (κ1) is 23.1. The second-order valence-electron chi connectivity index (χ2n) is 9.76. The highest BCUT2D eigenvalue weighted by molar-refractivity contribution is 6.31. The van der Waals surface area contributed by atoms with Crippen molar-refractivity contribution >= 4 is 23.3 Å². The zero-order valence-electron chi connectivity index (χ0n) is 18.9. The maximum Gasteiger partial charge on any atom is 0.322 e. The van der Waals surface area contributed by atoms with Gasteiger partial charge in [0.25, 0.3) is 0 Å². The highest BCUT2D eigenvalue weighted by Gasteiger charge is 2.64. The molecule has 4 atom stereocenters. The molecule has 3 aliphatic rings. The molecular formula is C26H28ClFN4O2. The monoisotopic (exact) mass is 482 g/mol. The van der Waals surface area contributed by atoms with Gasteiger partial charge in [0.2, 0.25) is 0 Å². The molecule has 1 saturated heterocycles. The number of fused-ring (bicyclic) bond motifs is 1. The van der Waals surface area contributed by atoms with Crippen LogP contribution in [0.3, 0.4) is 0 Å². The van der Waals surface area contributed by atoms with E-state index in [1.54, 1.807) is 0 Å². The van der Waals surface area contributed by atoms with Gasteiger partial charge in [-0.1, -0.05) is 23.7 Å². The molecule has 34 heavy (non-hydrogen) atoms. The van der Waals surface area contributed by atoms with E-state index in [-0.39, 0.29) is 28.6 Å². The molecule has 6 nitrogen and oxygen atoms in total. The Hall–Kier alpha value is -2.66. The number of urea groups is 1. The third-order valence-corrected chi connectivity index (χ3v) is 8.08. The Labute approximate surface area is 203 Å². The number of nitriles is 1. The Morgan fingerprint density at radius 3 is 2.88 bits per heavy atom. The number of carbonyl (C=O) groups excluding carboxylic acids is 1. The number of hydrogen-bond donors (Lipinski definition) is 2. The average Bonchev–Trinajstić information content (AvgIpc) is 3.24. The third kappa shape index (κ3) is 4.38. The van der Waals surface area contributed by atoms with Crippen molar-refractivity contribution in [3.63, 3.8) is 0 Å². The number of nitrogens with zero attached hydrogens (tertiary/aromatic N) is 3. The standard InChI is InChI=1S/C26H28ClFN4O2/c27-22-13-19(4-5-23(22)28)30-25(34)32(11-10-31-9-7-20(33)16-31)24-6-8-26(14-21(24)26)18-3-1-2-17(12-18)15-29/h1-5,12-13,20-21,24,33H,6-11,14,16H2,(H,30,34)/t20-,21-,24?,26-/m1/s1. The van der Waals surface area contributed by atoms with Crippen molar-refractivity contribution in [1.29, 1.82) is 5.26 Å². The maximum atomic E-state index is 13.6. The average molecular weight is 483 g/mol. The van der Waals surface area contributed by atoms with Crippen LogP contribution in [-0.2, 0) is 5.41 Å². The molecule has 0 radical (unpaired) electrons. The van der Waals surface area contributed by atoms with Crippen LogP contribution in [-0.4, -0.2) is 59.3 Å². The fraction of sp³-hybridized carbons (Fsp3) is 0.462. The summed E-state index contributed by atoms with van der Waals surface area (Å²) in [5, 5.41) is 22.1. The molecule has 3 fully saturated rings. The Morgan fingerprint density at radius 2 is 2.18 bits per heavy atom. The van der Waals surface area contributed by atoms with Gasteiger partial charge in [-0.25, -0.2) is 9.18 Å². The SMILES string of the molecule is N#Cc1cccc([C@]23CCC(N(CCN4CC[C@@H](O)C4)C(=O)Nc4ccc(F)c(Cl)c4)[C@H]2C3)c1. The topological polar surface area (TPSA) is 79.6 Å². The van der Waals surface area contributed by atoms with Crippen LogP contribution in [0, 0.1) is 23.1 Å². The van der Waals surface area contributed by atoms with Crippen molar-refractivity contribution in [3.8, 4) is 6.07 Å². The Bertz CT molecular complexity index is 1140. The molecule has 0 bridgehead atoms. The summed E-state index contributed by atoms with van der Waals surface area (Å²) in [6.07, 6.45) is 3.32. The number of benzene rings is 2. The molecule has 2 amide bonds. The van der Waals surface area contributed by atoms with Crippen LogP contribution in [0.4, 0.5) is 14.9 Å². The number of amides is 2. The number of aliphatic hydroxyl groups is 1. The molecule has 2 saturated carbocycles. The van der Waals surface area contributed by atoms with E-state index in [1.165, 1.54) is 23.8 Å². The highest BCUT2D eigenvalue weighted by Crippen LogP contribution is 2.65. The van der Waals surface area contributed by atoms with Crippen LogP contribution >= 0.6 is 11.6 Å². The smallest absolute Gasteiger partial charge is 0.322 e. The van der Waals surface area contributed by atoms with Crippen LogP contribution in [0.5, 0.6) is 0 Å². The lowest BCUT2D eigenvalue weighted by molar-refractivity contribution is 0.154. The Kier molecular flexibility index (Phi) is 6.24. The number of halogens is 2. The molecule has 178 valence electrons. The molecule has 1 aliphatic heterocycles. The molecule has 2 N–H and O–H groups in total. The number of rotatable bonds is 6. The summed E-state index contributed by atoms with van der Waals surface area (Å²) < 4.78 is 13.6. The van der Waals surface area contributed by atoms with E-state index >= 15 is 0 Å². The van der Waals surface area contributed by atoms with E-state index in [1.807, 2.05) is 23.1 Å². The van der Waals surface area contributed by atoms with E-state index in [0.717, 1.165) is 32.2 Å². The van der Waals surface area contributed by atoms with E-state index < -0.39 is 5.82 Å². The largest absolute Gasteiger partial charge is 0.392 e. The fourth-order valence-corrected chi connectivity index (χ4v) is 6.11. The predicted molar refractivity (Wildman–Crippen MR) is 128 cm³/mol. The van der Waals surface area contributed by atoms with Crippen molar-refractivity contribution in [2.45, 2.75) is 43.2 Å². The molecule has 2 aromatic carbocycles. The van der Waals surface area contributed by atoms with E-state index in [9.17, 15) is 19.6 Å². The third-order valence-electron chi connectivity index (χ3n) is 7.79. The minimum absolute atomic E-state index is 0.0269. The van der Waals surface area contributed by atoms with Crippen LogP contribution in [0.1, 0.15) is 36.8 Å². The molecule has 8 heteroatoms. The summed E-state index contributed by atoms with van der Waals surface area (Å²) >= 11 is 5.91. The number of likely N-dealkylation sites (tertiary alicyclic amines) is 1. The van der Waals surface area contributed by atoms with Gasteiger partial charge in [0.05, 0.1) is 22.8 Å². The van der Waals surface area contributed by atoms with Crippen molar-refractivity contribution in [1.82, 2.24) is 9.80 Å². The van der Waals surface area contributed by atoms with Gasteiger partial charge in [0.15, 0.2) is 0 Å². The first-order chi connectivity index (χ1) is 16.4. The summed E-state index contributed by atoms with van der Waals surface area (Å²) in [4.78, 5) is 17.5. The summed E-state index contributed by atoms with van der Waals surface area (Å²) in [5.41, 5.74) is 2.34. The fourth-order valence-electron chi connectivity index (χ4n) is 5.93. The number of β-amino-alcohol motifs (C(OH)–C–C–N with tert-alkyl or cyclic N) is 1. The van der Waals surface area contributed by atoms with Gasteiger partial charge in [-0.15, -0.1) is 0 Å². The normalized spacial score (nSPS) is 27.8. The lowest BCUT2D eigenvalue weighted by atomic mass is 9.92. The first-order valence-electron chi connectivity index (χ1n) is 11.8. The molecule has 2 aliphatic carbocycles. The second kappa shape index (κ2) is 9.18. The zero-order chi connectivity index (χ0) is 23.9. The van der Waals surface area contributed by atoms with Gasteiger partial charge in [-0.2, -0.15) is 5.26 Å². The number of nitrogens with one attached hydrogen (secondary N) is 1. The van der Waals surface area contributed by atoms with Gasteiger partial charge in [0.1, 0.15) is 5.82 Å². The number of anilines is 1. The number of hydrogen-bond acceptors (Lipinski definition) is 4. The Morgan fingerprint density at radius 1 is 1.32 bits per heavy atom. The van der Waals surface area contributed by atoms with E-state index in [2.05, 4.69) is 22.4 Å². The van der Waals surface area contributed by atoms with Crippen LogP contribution in [0.25, 0.3) is 0 Å². The van der Waals surface area contributed by atoms with Gasteiger partial charge in [0, 0.05) is 43.3 Å². The molecule has 0 aromatic heterocycles.